The van der Waals surface area contributed by atoms with E-state index in [9.17, 15) is 10.2 Å². The van der Waals surface area contributed by atoms with Crippen molar-refractivity contribution in [1.29, 1.82) is 0 Å². The van der Waals surface area contributed by atoms with Crippen molar-refractivity contribution in [2.75, 3.05) is 0 Å². The number of halogens is 1. The molecular formula is C12H19BrN2O2. The molecule has 2 rings (SSSR count). The quantitative estimate of drug-likeness (QED) is 0.902. The van der Waals surface area contributed by atoms with E-state index in [0.29, 0.717) is 18.5 Å². The molecule has 1 heterocycles. The normalized spacial score (nSPS) is 21.1. The minimum Gasteiger partial charge on any atom is -0.387 e. The smallest absolute Gasteiger partial charge is 0.125 e. The number of rotatable bonds is 3. The van der Waals surface area contributed by atoms with Crippen LogP contribution in [-0.4, -0.2) is 25.6 Å². The molecule has 1 fully saturated rings. The lowest BCUT2D eigenvalue weighted by Gasteiger charge is -2.29. The van der Waals surface area contributed by atoms with Crippen molar-refractivity contribution in [3.05, 3.63) is 16.4 Å². The third-order valence-corrected chi connectivity index (χ3v) is 4.12. The summed E-state index contributed by atoms with van der Waals surface area (Å²) in [6.07, 6.45) is 4.07. The van der Waals surface area contributed by atoms with Gasteiger partial charge in [-0.15, -0.1) is 0 Å². The third-order valence-electron chi connectivity index (χ3n) is 3.51. The summed E-state index contributed by atoms with van der Waals surface area (Å²) in [6, 6.07) is 0.163. The van der Waals surface area contributed by atoms with Crippen molar-refractivity contribution in [1.82, 2.24) is 9.78 Å². The Kier molecular flexibility index (Phi) is 3.61. The van der Waals surface area contributed by atoms with Crippen LogP contribution in [0.3, 0.4) is 0 Å². The Hall–Kier alpha value is -0.390. The zero-order chi connectivity index (χ0) is 12.6. The second-order valence-electron chi connectivity index (χ2n) is 5.13. The van der Waals surface area contributed by atoms with Crippen LogP contribution in [0.2, 0.25) is 0 Å². The molecule has 0 radical (unpaired) electrons. The summed E-state index contributed by atoms with van der Waals surface area (Å²) >= 11 is 3.40. The second kappa shape index (κ2) is 4.71. The Labute approximate surface area is 110 Å². The average Bonchev–Trinajstić information content (AvgIpc) is 2.85. The summed E-state index contributed by atoms with van der Waals surface area (Å²) in [4.78, 5) is 0. The lowest BCUT2D eigenvalue weighted by atomic mass is 9.92. The first-order valence-corrected chi connectivity index (χ1v) is 6.88. The van der Waals surface area contributed by atoms with Gasteiger partial charge in [0.2, 0.25) is 0 Å². The largest absolute Gasteiger partial charge is 0.387 e. The highest BCUT2D eigenvalue weighted by molar-refractivity contribution is 9.10. The standard InChI is InChI=1S/C12H19BrN2O2/c1-8(2)15-10(9(13)7-14-15)11(16)12(17)5-3-4-6-12/h7-8,11,16-17H,3-6H2,1-2H3. The summed E-state index contributed by atoms with van der Waals surface area (Å²) in [5.74, 6) is 0. The summed E-state index contributed by atoms with van der Waals surface area (Å²) in [5.41, 5.74) is -0.306. The van der Waals surface area contributed by atoms with Crippen LogP contribution in [0.15, 0.2) is 10.7 Å². The van der Waals surface area contributed by atoms with E-state index >= 15 is 0 Å². The highest BCUT2D eigenvalue weighted by Crippen LogP contribution is 2.42. The fourth-order valence-electron chi connectivity index (χ4n) is 2.53. The van der Waals surface area contributed by atoms with Crippen molar-refractivity contribution in [2.24, 2.45) is 0 Å². The van der Waals surface area contributed by atoms with E-state index < -0.39 is 11.7 Å². The van der Waals surface area contributed by atoms with Gasteiger partial charge in [-0.3, -0.25) is 4.68 Å². The van der Waals surface area contributed by atoms with Gasteiger partial charge in [-0.25, -0.2) is 0 Å². The van der Waals surface area contributed by atoms with Gasteiger partial charge in [0, 0.05) is 6.04 Å². The van der Waals surface area contributed by atoms with Gasteiger partial charge >= 0.3 is 0 Å². The first kappa shape index (κ1) is 13.1. The number of hydrogen-bond acceptors (Lipinski definition) is 3. The number of hydrogen-bond donors (Lipinski definition) is 2. The van der Waals surface area contributed by atoms with E-state index in [1.807, 2.05) is 13.8 Å². The summed E-state index contributed by atoms with van der Waals surface area (Å²) in [5, 5.41) is 25.1. The minimum atomic E-state index is -0.991. The minimum absolute atomic E-state index is 0.163. The van der Waals surface area contributed by atoms with E-state index in [2.05, 4.69) is 21.0 Å². The number of aliphatic hydroxyl groups is 2. The molecule has 0 amide bonds. The van der Waals surface area contributed by atoms with Crippen LogP contribution in [0.5, 0.6) is 0 Å². The van der Waals surface area contributed by atoms with Crippen LogP contribution >= 0.6 is 15.9 Å². The Balaban J connectivity index is 2.36. The van der Waals surface area contributed by atoms with Crippen LogP contribution in [0.4, 0.5) is 0 Å². The van der Waals surface area contributed by atoms with Crippen molar-refractivity contribution in [3.8, 4) is 0 Å². The van der Waals surface area contributed by atoms with Gasteiger partial charge in [0.1, 0.15) is 6.10 Å². The molecule has 1 aromatic rings. The molecule has 0 bridgehead atoms. The van der Waals surface area contributed by atoms with E-state index in [-0.39, 0.29) is 6.04 Å². The zero-order valence-electron chi connectivity index (χ0n) is 10.2. The molecule has 1 aliphatic rings. The summed E-state index contributed by atoms with van der Waals surface area (Å²) in [6.45, 7) is 4.02. The number of aromatic nitrogens is 2. The molecule has 4 nitrogen and oxygen atoms in total. The predicted molar refractivity (Wildman–Crippen MR) is 68.7 cm³/mol. The molecule has 1 aliphatic carbocycles. The molecule has 0 aliphatic heterocycles. The van der Waals surface area contributed by atoms with Crippen molar-refractivity contribution in [2.45, 2.75) is 57.3 Å². The van der Waals surface area contributed by atoms with Crippen molar-refractivity contribution in [3.63, 3.8) is 0 Å². The maximum absolute atomic E-state index is 10.5. The number of aliphatic hydroxyl groups excluding tert-OH is 1. The Bertz CT molecular complexity index is 397. The van der Waals surface area contributed by atoms with Crippen LogP contribution in [-0.2, 0) is 0 Å². The first-order chi connectivity index (χ1) is 7.96. The van der Waals surface area contributed by atoms with Crippen molar-refractivity contribution >= 4 is 15.9 Å². The Morgan fingerprint density at radius 2 is 2.00 bits per heavy atom. The molecule has 0 aromatic carbocycles. The van der Waals surface area contributed by atoms with Crippen molar-refractivity contribution < 1.29 is 10.2 Å². The fraction of sp³-hybridized carbons (Fsp3) is 0.750. The summed E-state index contributed by atoms with van der Waals surface area (Å²) in [7, 11) is 0. The Morgan fingerprint density at radius 3 is 2.53 bits per heavy atom. The first-order valence-electron chi connectivity index (χ1n) is 6.09. The monoisotopic (exact) mass is 302 g/mol. The van der Waals surface area contributed by atoms with Gasteiger partial charge in [-0.2, -0.15) is 5.10 Å². The van der Waals surface area contributed by atoms with Crippen LogP contribution in [0, 0.1) is 0 Å². The molecule has 96 valence electrons. The average molecular weight is 303 g/mol. The van der Waals surface area contributed by atoms with Gasteiger partial charge in [0.15, 0.2) is 0 Å². The maximum Gasteiger partial charge on any atom is 0.125 e. The van der Waals surface area contributed by atoms with Gasteiger partial charge in [0.25, 0.3) is 0 Å². The van der Waals surface area contributed by atoms with Gasteiger partial charge in [-0.1, -0.05) is 12.8 Å². The van der Waals surface area contributed by atoms with E-state index in [0.717, 1.165) is 17.3 Å². The molecule has 17 heavy (non-hydrogen) atoms. The highest BCUT2D eigenvalue weighted by Gasteiger charge is 2.41. The van der Waals surface area contributed by atoms with Gasteiger partial charge in [-0.05, 0) is 42.6 Å². The predicted octanol–water partition coefficient (Wildman–Crippen LogP) is 2.57. The highest BCUT2D eigenvalue weighted by atomic mass is 79.9. The van der Waals surface area contributed by atoms with Gasteiger partial charge < -0.3 is 10.2 Å². The lowest BCUT2D eigenvalue weighted by Crippen LogP contribution is -2.34. The molecule has 2 N–H and O–H groups in total. The topological polar surface area (TPSA) is 58.3 Å². The third kappa shape index (κ3) is 2.28. The molecule has 1 atom stereocenters. The molecule has 1 unspecified atom stereocenters. The molecular weight excluding hydrogens is 284 g/mol. The van der Waals surface area contributed by atoms with E-state index in [4.69, 9.17) is 0 Å². The SMILES string of the molecule is CC(C)n1ncc(Br)c1C(O)C1(O)CCCC1. The number of nitrogens with zero attached hydrogens (tertiary/aromatic N) is 2. The van der Waals surface area contributed by atoms with E-state index in [1.54, 1.807) is 10.9 Å². The molecule has 1 aromatic heterocycles. The van der Waals surface area contributed by atoms with Crippen LogP contribution < -0.4 is 0 Å². The van der Waals surface area contributed by atoms with Gasteiger partial charge in [0.05, 0.1) is 22.0 Å². The second-order valence-corrected chi connectivity index (χ2v) is 5.98. The fourth-order valence-corrected chi connectivity index (χ4v) is 3.02. The van der Waals surface area contributed by atoms with Crippen LogP contribution in [0.1, 0.15) is 57.4 Å². The molecule has 0 spiro atoms. The maximum atomic E-state index is 10.5. The molecule has 5 heteroatoms. The zero-order valence-corrected chi connectivity index (χ0v) is 11.8. The van der Waals surface area contributed by atoms with E-state index in [1.165, 1.54) is 0 Å². The Morgan fingerprint density at radius 1 is 1.41 bits per heavy atom. The molecule has 0 saturated heterocycles. The lowest BCUT2D eigenvalue weighted by molar-refractivity contribution is -0.0763. The van der Waals surface area contributed by atoms with Crippen LogP contribution in [0.25, 0.3) is 0 Å². The summed E-state index contributed by atoms with van der Waals surface area (Å²) < 4.78 is 2.53. The molecule has 1 saturated carbocycles.